The largest absolute Gasteiger partial charge is 0.418 e. The number of halogens is 4. The molecule has 0 fully saturated rings. The van der Waals surface area contributed by atoms with Crippen molar-refractivity contribution in [2.75, 3.05) is 0 Å². The zero-order chi connectivity index (χ0) is 23.0. The third-order valence-electron chi connectivity index (χ3n) is 5.12. The third-order valence-corrected chi connectivity index (χ3v) is 5.72. The number of aryl methyl sites for hydroxylation is 1. The first-order valence-corrected chi connectivity index (χ1v) is 11.0. The van der Waals surface area contributed by atoms with Crippen molar-refractivity contribution in [3.05, 3.63) is 89.4 Å². The molecule has 32 heavy (non-hydrogen) atoms. The van der Waals surface area contributed by atoms with Crippen molar-refractivity contribution in [2.24, 2.45) is 0 Å². The van der Waals surface area contributed by atoms with Crippen LogP contribution in [0.2, 0.25) is 0 Å². The fraction of sp³-hybridized carbons (Fsp3) is 0.125. The fourth-order valence-electron chi connectivity index (χ4n) is 3.76. The van der Waals surface area contributed by atoms with E-state index in [0.717, 1.165) is 11.6 Å². The minimum atomic E-state index is -4.63. The van der Waals surface area contributed by atoms with E-state index in [1.54, 1.807) is 24.3 Å². The van der Waals surface area contributed by atoms with Gasteiger partial charge in [0.15, 0.2) is 0 Å². The third kappa shape index (κ3) is 4.23. The first-order chi connectivity index (χ1) is 15.1. The Labute approximate surface area is 183 Å². The molecule has 3 aromatic carbocycles. The molecule has 0 saturated heterocycles. The first-order valence-electron chi connectivity index (χ1n) is 9.62. The Bertz CT molecular complexity index is 1390. The van der Waals surface area contributed by atoms with Gasteiger partial charge in [-0.2, -0.15) is 13.2 Å². The van der Waals surface area contributed by atoms with E-state index in [2.05, 4.69) is 4.98 Å². The van der Waals surface area contributed by atoms with Crippen LogP contribution in [0, 0.1) is 12.7 Å². The molecule has 0 aliphatic carbocycles. The Hall–Kier alpha value is -3.26. The maximum absolute atomic E-state index is 15.5. The number of hydrogen-bond donors (Lipinski definition) is 1. The van der Waals surface area contributed by atoms with Crippen LogP contribution in [0.5, 0.6) is 0 Å². The van der Waals surface area contributed by atoms with Crippen molar-refractivity contribution in [1.82, 2.24) is 4.98 Å². The van der Waals surface area contributed by atoms with Crippen LogP contribution in [0.3, 0.4) is 0 Å². The van der Waals surface area contributed by atoms with Gasteiger partial charge in [0.1, 0.15) is 16.5 Å². The molecule has 1 heterocycles. The van der Waals surface area contributed by atoms with Crippen LogP contribution in [0.4, 0.5) is 17.6 Å². The second kappa shape index (κ2) is 8.35. The summed E-state index contributed by atoms with van der Waals surface area (Å²) in [7, 11) is -2.92. The molecule has 1 aromatic heterocycles. The van der Waals surface area contributed by atoms with E-state index >= 15 is 4.39 Å². The molecule has 164 valence electrons. The highest BCUT2D eigenvalue weighted by molar-refractivity contribution is 7.71. The number of aromatic nitrogens is 1. The summed E-state index contributed by atoms with van der Waals surface area (Å²) in [4.78, 5) is 4.07. The molecule has 0 aliphatic rings. The van der Waals surface area contributed by atoms with Gasteiger partial charge >= 0.3 is 6.18 Å². The van der Waals surface area contributed by atoms with Gasteiger partial charge in [0, 0.05) is 22.2 Å². The maximum Gasteiger partial charge on any atom is 0.418 e. The lowest BCUT2D eigenvalue weighted by Crippen LogP contribution is -2.07. The average molecular weight is 459 g/mol. The number of thiol groups is 1. The summed E-state index contributed by atoms with van der Waals surface area (Å²) >= 11 is 0. The van der Waals surface area contributed by atoms with Crippen LogP contribution in [-0.2, 0) is 22.6 Å². The Morgan fingerprint density at radius 1 is 0.875 bits per heavy atom. The molecule has 0 saturated carbocycles. The molecule has 0 atom stereocenters. The van der Waals surface area contributed by atoms with Gasteiger partial charge in [-0.3, -0.25) is 4.98 Å². The Morgan fingerprint density at radius 3 is 2.25 bits per heavy atom. The summed E-state index contributed by atoms with van der Waals surface area (Å²) in [5, 5.41) is 0.131. The second-order valence-electron chi connectivity index (χ2n) is 7.36. The standard InChI is InChI=1S/C24H17F4NO2S/c1-14-10-19(18-8-5-9-21(23(18)29-14)24(26,27)28)20-12-16(15-6-3-2-4-7-15)11-17(22(20)25)13-32(30)31/h2-12,32H,13H2,1H3. The zero-order valence-corrected chi connectivity index (χ0v) is 17.7. The lowest BCUT2D eigenvalue weighted by molar-refractivity contribution is -0.136. The van der Waals surface area contributed by atoms with Crippen LogP contribution in [0.15, 0.2) is 66.7 Å². The molecule has 0 N–H and O–H groups in total. The minimum absolute atomic E-state index is 0.0213. The van der Waals surface area contributed by atoms with Crippen LogP contribution >= 0.6 is 0 Å². The number of rotatable bonds is 4. The van der Waals surface area contributed by atoms with E-state index < -0.39 is 34.0 Å². The Balaban J connectivity index is 2.07. The predicted octanol–water partition coefficient (Wildman–Crippen LogP) is 6.15. The number of benzene rings is 3. The SMILES string of the molecule is Cc1cc(-c2cc(-c3ccccc3)cc(C[SH](=O)=O)c2F)c2cccc(C(F)(F)F)c2n1. The van der Waals surface area contributed by atoms with E-state index in [0.29, 0.717) is 5.56 Å². The molecule has 8 heteroatoms. The summed E-state index contributed by atoms with van der Waals surface area (Å²) in [5.74, 6) is -1.31. The molecular formula is C24H17F4NO2S. The summed E-state index contributed by atoms with van der Waals surface area (Å²) in [5.41, 5.74) is 0.561. The molecule has 3 nitrogen and oxygen atoms in total. The average Bonchev–Trinajstić information content (AvgIpc) is 2.74. The molecule has 0 aliphatic heterocycles. The summed E-state index contributed by atoms with van der Waals surface area (Å²) in [6, 6.07) is 17.1. The summed E-state index contributed by atoms with van der Waals surface area (Å²) in [6.45, 7) is 1.53. The quantitative estimate of drug-likeness (QED) is 0.294. The zero-order valence-electron chi connectivity index (χ0n) is 16.8. The lowest BCUT2D eigenvalue weighted by atomic mass is 9.93. The van der Waals surface area contributed by atoms with Crippen molar-refractivity contribution in [2.45, 2.75) is 18.9 Å². The van der Waals surface area contributed by atoms with E-state index in [4.69, 9.17) is 0 Å². The van der Waals surface area contributed by atoms with Crippen LogP contribution < -0.4 is 0 Å². The number of para-hydroxylation sites is 1. The highest BCUT2D eigenvalue weighted by Gasteiger charge is 2.33. The van der Waals surface area contributed by atoms with Gasteiger partial charge in [0.2, 0.25) is 0 Å². The normalized spacial score (nSPS) is 11.9. The van der Waals surface area contributed by atoms with Crippen LogP contribution in [0.1, 0.15) is 16.8 Å². The molecule has 4 rings (SSSR count). The van der Waals surface area contributed by atoms with Crippen molar-refractivity contribution in [3.8, 4) is 22.3 Å². The van der Waals surface area contributed by atoms with E-state index in [-0.39, 0.29) is 33.3 Å². The number of hydrogen-bond acceptors (Lipinski definition) is 3. The fourth-order valence-corrected chi connectivity index (χ4v) is 4.27. The highest BCUT2D eigenvalue weighted by atomic mass is 32.2. The topological polar surface area (TPSA) is 47.0 Å². The molecule has 0 unspecified atom stereocenters. The van der Waals surface area contributed by atoms with Gasteiger partial charge < -0.3 is 0 Å². The first kappa shape index (κ1) is 22.0. The minimum Gasteiger partial charge on any atom is -0.252 e. The smallest absolute Gasteiger partial charge is 0.252 e. The number of nitrogens with zero attached hydrogens (tertiary/aromatic N) is 1. The van der Waals surface area contributed by atoms with E-state index in [9.17, 15) is 21.6 Å². The summed E-state index contributed by atoms with van der Waals surface area (Å²) < 4.78 is 79.0. The van der Waals surface area contributed by atoms with Gasteiger partial charge in [-0.25, -0.2) is 12.8 Å². The molecule has 0 amide bonds. The van der Waals surface area contributed by atoms with E-state index in [1.165, 1.54) is 37.3 Å². The molecule has 4 aromatic rings. The Morgan fingerprint density at radius 2 is 1.59 bits per heavy atom. The van der Waals surface area contributed by atoms with Crippen molar-refractivity contribution in [1.29, 1.82) is 0 Å². The maximum atomic E-state index is 15.5. The molecular weight excluding hydrogens is 442 g/mol. The number of alkyl halides is 3. The number of fused-ring (bicyclic) bond motifs is 1. The monoisotopic (exact) mass is 459 g/mol. The Kier molecular flexibility index (Phi) is 5.73. The summed E-state index contributed by atoms with van der Waals surface area (Å²) in [6.07, 6.45) is -4.63. The van der Waals surface area contributed by atoms with Crippen molar-refractivity contribution < 1.29 is 26.0 Å². The highest BCUT2D eigenvalue weighted by Crippen LogP contribution is 2.39. The van der Waals surface area contributed by atoms with Gasteiger partial charge in [-0.05, 0) is 47.9 Å². The van der Waals surface area contributed by atoms with Gasteiger partial charge in [0.25, 0.3) is 0 Å². The molecule has 0 bridgehead atoms. The molecule has 0 spiro atoms. The van der Waals surface area contributed by atoms with Gasteiger partial charge in [0.05, 0.1) is 16.8 Å². The van der Waals surface area contributed by atoms with Crippen LogP contribution in [-0.4, -0.2) is 13.4 Å². The predicted molar refractivity (Wildman–Crippen MR) is 116 cm³/mol. The van der Waals surface area contributed by atoms with Crippen molar-refractivity contribution >= 4 is 21.6 Å². The number of pyridine rings is 1. The second-order valence-corrected chi connectivity index (χ2v) is 8.35. The van der Waals surface area contributed by atoms with Gasteiger partial charge in [-0.15, -0.1) is 0 Å². The van der Waals surface area contributed by atoms with E-state index in [1.807, 2.05) is 6.07 Å². The van der Waals surface area contributed by atoms with Gasteiger partial charge in [-0.1, -0.05) is 42.5 Å². The molecule has 0 radical (unpaired) electrons. The van der Waals surface area contributed by atoms with Crippen molar-refractivity contribution in [3.63, 3.8) is 0 Å². The lowest BCUT2D eigenvalue weighted by Gasteiger charge is -2.16. The van der Waals surface area contributed by atoms with Crippen LogP contribution in [0.25, 0.3) is 33.2 Å².